The molecule has 10 heteroatoms. The van der Waals surface area contributed by atoms with Gasteiger partial charge in [-0.25, -0.2) is 14.8 Å². The normalized spacial score (nSPS) is 10.9. The van der Waals surface area contributed by atoms with E-state index in [1.165, 1.54) is 18.4 Å². The van der Waals surface area contributed by atoms with Gasteiger partial charge in [0.05, 0.1) is 5.52 Å². The number of rotatable bonds is 6. The number of fused-ring (bicyclic) bond motifs is 1. The number of anilines is 1. The Bertz CT molecular complexity index is 1490. The van der Waals surface area contributed by atoms with E-state index in [0.717, 1.165) is 27.4 Å². The van der Waals surface area contributed by atoms with Crippen molar-refractivity contribution in [1.82, 2.24) is 25.2 Å². The molecule has 4 aromatic rings. The van der Waals surface area contributed by atoms with Crippen molar-refractivity contribution in [2.24, 2.45) is 0 Å². The molecule has 0 spiro atoms. The Morgan fingerprint density at radius 2 is 1.94 bits per heavy atom. The second-order valence-electron chi connectivity index (χ2n) is 7.86. The van der Waals surface area contributed by atoms with Gasteiger partial charge in [0.25, 0.3) is 5.91 Å². The number of urea groups is 1. The first-order valence-corrected chi connectivity index (χ1v) is 12.1. The largest absolute Gasteiger partial charge is 0.355 e. The number of benzene rings is 1. The van der Waals surface area contributed by atoms with Crippen LogP contribution >= 0.6 is 11.3 Å². The first-order valence-electron chi connectivity index (χ1n) is 11.2. The van der Waals surface area contributed by atoms with Crippen molar-refractivity contribution in [3.63, 3.8) is 0 Å². The maximum atomic E-state index is 13.0. The fourth-order valence-corrected chi connectivity index (χ4v) is 4.67. The fourth-order valence-electron chi connectivity index (χ4n) is 3.85. The van der Waals surface area contributed by atoms with E-state index in [1.54, 1.807) is 24.5 Å². The van der Waals surface area contributed by atoms with Crippen molar-refractivity contribution in [1.29, 1.82) is 0 Å². The van der Waals surface area contributed by atoms with Gasteiger partial charge < -0.3 is 15.2 Å². The highest BCUT2D eigenvalue weighted by molar-refractivity contribution is 7.13. The maximum absolute atomic E-state index is 13.0. The first kappa shape index (κ1) is 24.1. The lowest BCUT2D eigenvalue weighted by atomic mass is 9.99. The van der Waals surface area contributed by atoms with Crippen LogP contribution in [0.1, 0.15) is 29.9 Å². The molecule has 3 N–H and O–H groups in total. The van der Waals surface area contributed by atoms with Crippen LogP contribution < -0.4 is 21.4 Å². The SMILES string of the molecule is CCNC(=O)Nc1cc(-c2nc(C)cs2)c(-c2ccc3c(=O)c(C(=O)NC)cn(CC)c3c2)cn1. The minimum absolute atomic E-state index is 0.107. The average molecular weight is 491 g/mol. The van der Waals surface area contributed by atoms with Crippen molar-refractivity contribution < 1.29 is 9.59 Å². The predicted octanol–water partition coefficient (Wildman–Crippen LogP) is 4.02. The second kappa shape index (κ2) is 10.1. The molecule has 0 fully saturated rings. The summed E-state index contributed by atoms with van der Waals surface area (Å²) < 4.78 is 1.89. The highest BCUT2D eigenvalue weighted by atomic mass is 32.1. The Labute approximate surface area is 206 Å². The van der Waals surface area contributed by atoms with Gasteiger partial charge >= 0.3 is 6.03 Å². The highest BCUT2D eigenvalue weighted by Crippen LogP contribution is 2.36. The van der Waals surface area contributed by atoms with Crippen molar-refractivity contribution in [2.75, 3.05) is 18.9 Å². The van der Waals surface area contributed by atoms with Gasteiger partial charge in [-0.2, -0.15) is 0 Å². The number of pyridine rings is 2. The molecule has 35 heavy (non-hydrogen) atoms. The van der Waals surface area contributed by atoms with Crippen LogP contribution in [0.25, 0.3) is 32.6 Å². The molecule has 180 valence electrons. The van der Waals surface area contributed by atoms with Gasteiger partial charge in [-0.15, -0.1) is 11.3 Å². The van der Waals surface area contributed by atoms with E-state index >= 15 is 0 Å². The number of carbonyl (C=O) groups excluding carboxylic acids is 2. The van der Waals surface area contributed by atoms with Crippen LogP contribution in [0.15, 0.2) is 46.8 Å². The lowest BCUT2D eigenvalue weighted by Crippen LogP contribution is -2.28. The maximum Gasteiger partial charge on any atom is 0.320 e. The number of nitrogens with one attached hydrogen (secondary N) is 3. The third kappa shape index (κ3) is 4.78. The zero-order valence-electron chi connectivity index (χ0n) is 19.9. The van der Waals surface area contributed by atoms with Crippen LogP contribution in [0.3, 0.4) is 0 Å². The molecule has 0 aliphatic carbocycles. The summed E-state index contributed by atoms with van der Waals surface area (Å²) >= 11 is 1.50. The Morgan fingerprint density at radius 3 is 2.60 bits per heavy atom. The fraction of sp³-hybridized carbons (Fsp3) is 0.240. The summed E-state index contributed by atoms with van der Waals surface area (Å²) in [5.41, 5.74) is 3.87. The van der Waals surface area contributed by atoms with Gasteiger partial charge in [0, 0.05) is 60.1 Å². The summed E-state index contributed by atoms with van der Waals surface area (Å²) in [6.45, 7) is 6.80. The van der Waals surface area contributed by atoms with Crippen molar-refractivity contribution in [3.05, 3.63) is 63.5 Å². The first-order chi connectivity index (χ1) is 16.9. The van der Waals surface area contributed by atoms with Crippen LogP contribution in [-0.4, -0.2) is 40.1 Å². The number of hydrogen-bond acceptors (Lipinski definition) is 6. The molecule has 3 amide bonds. The molecular weight excluding hydrogens is 464 g/mol. The molecule has 0 saturated heterocycles. The van der Waals surface area contributed by atoms with Crippen molar-refractivity contribution >= 4 is 40.0 Å². The topological polar surface area (TPSA) is 118 Å². The monoisotopic (exact) mass is 490 g/mol. The van der Waals surface area contributed by atoms with Gasteiger partial charge in [-0.1, -0.05) is 6.07 Å². The molecular formula is C25H26N6O3S. The molecule has 0 aliphatic heterocycles. The van der Waals surface area contributed by atoms with E-state index < -0.39 is 5.91 Å². The lowest BCUT2D eigenvalue weighted by molar-refractivity contribution is 0.0961. The molecule has 3 heterocycles. The molecule has 0 unspecified atom stereocenters. The van der Waals surface area contributed by atoms with Crippen LogP contribution in [0.4, 0.5) is 10.6 Å². The smallest absolute Gasteiger partial charge is 0.320 e. The molecule has 0 radical (unpaired) electrons. The Kier molecular flexibility index (Phi) is 6.92. The summed E-state index contributed by atoms with van der Waals surface area (Å²) in [5.74, 6) is -0.00645. The number of hydrogen-bond donors (Lipinski definition) is 3. The molecule has 3 aromatic heterocycles. The summed E-state index contributed by atoms with van der Waals surface area (Å²) in [5, 5.41) is 11.2. The zero-order chi connectivity index (χ0) is 25.1. The van der Waals surface area contributed by atoms with E-state index in [1.807, 2.05) is 42.9 Å². The quantitative estimate of drug-likeness (QED) is 0.377. The van der Waals surface area contributed by atoms with Gasteiger partial charge in [0.2, 0.25) is 5.43 Å². The van der Waals surface area contributed by atoms with E-state index in [4.69, 9.17) is 0 Å². The van der Waals surface area contributed by atoms with Crippen LogP contribution in [0.2, 0.25) is 0 Å². The molecule has 0 saturated carbocycles. The van der Waals surface area contributed by atoms with Gasteiger partial charge in [0.15, 0.2) is 0 Å². The third-order valence-corrected chi connectivity index (χ3v) is 6.53. The summed E-state index contributed by atoms with van der Waals surface area (Å²) in [7, 11) is 1.50. The molecule has 0 atom stereocenters. The van der Waals surface area contributed by atoms with Gasteiger partial charge in [-0.05, 0) is 44.5 Å². The standard InChI is InChI=1S/C25H26N6O3S/c1-5-27-25(34)30-21-10-17(24-29-14(3)13-35-24)18(11-28-21)15-7-8-16-20(9-15)31(6-2)12-19(22(16)32)23(33)26-4/h7-13H,5-6H2,1-4H3,(H,26,33)(H2,27,28,30,34). The molecule has 1 aromatic carbocycles. The van der Waals surface area contributed by atoms with Gasteiger partial charge in [-0.3, -0.25) is 14.9 Å². The van der Waals surface area contributed by atoms with Crippen molar-refractivity contribution in [3.8, 4) is 21.7 Å². The number of amides is 3. The van der Waals surface area contributed by atoms with Crippen molar-refractivity contribution in [2.45, 2.75) is 27.3 Å². The van der Waals surface area contributed by atoms with Gasteiger partial charge in [0.1, 0.15) is 16.4 Å². The van der Waals surface area contributed by atoms with E-state index in [0.29, 0.717) is 29.8 Å². The average Bonchev–Trinajstić information content (AvgIpc) is 3.30. The molecule has 9 nitrogen and oxygen atoms in total. The summed E-state index contributed by atoms with van der Waals surface area (Å²) in [4.78, 5) is 46.3. The van der Waals surface area contributed by atoms with Crippen LogP contribution in [0, 0.1) is 6.92 Å². The molecule has 4 rings (SSSR count). The lowest BCUT2D eigenvalue weighted by Gasteiger charge is -2.14. The van der Waals surface area contributed by atoms with E-state index in [-0.39, 0.29) is 17.0 Å². The van der Waals surface area contributed by atoms with Crippen LogP contribution in [-0.2, 0) is 6.54 Å². The minimum atomic E-state index is -0.413. The molecule has 0 aliphatic rings. The Balaban J connectivity index is 1.89. The molecule has 0 bridgehead atoms. The van der Waals surface area contributed by atoms with E-state index in [2.05, 4.69) is 25.9 Å². The van der Waals surface area contributed by atoms with Crippen LogP contribution in [0.5, 0.6) is 0 Å². The van der Waals surface area contributed by atoms with E-state index in [9.17, 15) is 14.4 Å². The zero-order valence-corrected chi connectivity index (χ0v) is 20.7. The summed E-state index contributed by atoms with van der Waals surface area (Å²) in [6.07, 6.45) is 3.29. The number of aromatic nitrogens is 3. The highest BCUT2D eigenvalue weighted by Gasteiger charge is 2.18. The number of nitrogens with zero attached hydrogens (tertiary/aromatic N) is 3. The predicted molar refractivity (Wildman–Crippen MR) is 139 cm³/mol. The third-order valence-electron chi connectivity index (χ3n) is 5.54. The Hall–Kier alpha value is -4.05. The Morgan fingerprint density at radius 1 is 1.14 bits per heavy atom. The summed E-state index contributed by atoms with van der Waals surface area (Å²) in [6, 6.07) is 6.97. The minimum Gasteiger partial charge on any atom is -0.355 e. The second-order valence-corrected chi connectivity index (χ2v) is 8.72. The number of aryl methyl sites for hydroxylation is 2. The number of thiazole rings is 1. The number of carbonyl (C=O) groups is 2.